The van der Waals surface area contributed by atoms with Crippen molar-refractivity contribution in [2.45, 2.75) is 26.4 Å². The summed E-state index contributed by atoms with van der Waals surface area (Å²) in [4.78, 5) is 26.6. The van der Waals surface area contributed by atoms with Gasteiger partial charge in [-0.25, -0.2) is 4.79 Å². The molecule has 1 aliphatic rings. The van der Waals surface area contributed by atoms with Gasteiger partial charge in [0.2, 0.25) is 0 Å². The van der Waals surface area contributed by atoms with Crippen LogP contribution in [0, 0.1) is 5.92 Å². The Morgan fingerprint density at radius 2 is 1.90 bits per heavy atom. The van der Waals surface area contributed by atoms with Crippen LogP contribution in [0.4, 0.5) is 4.79 Å². The number of urea groups is 1. The van der Waals surface area contributed by atoms with Gasteiger partial charge in [0.05, 0.1) is 5.92 Å². The molecule has 0 unspecified atom stereocenters. The fourth-order valence-electron chi connectivity index (χ4n) is 2.22. The number of hydrogen-bond acceptors (Lipinski definition) is 2. The second-order valence-electron chi connectivity index (χ2n) is 5.43. The second kappa shape index (κ2) is 5.94. The maximum atomic E-state index is 12.4. The normalized spacial score (nSPS) is 15.1. The van der Waals surface area contributed by atoms with Crippen molar-refractivity contribution in [1.29, 1.82) is 0 Å². The molecule has 0 aliphatic carbocycles. The second-order valence-corrected chi connectivity index (χ2v) is 5.43. The van der Waals surface area contributed by atoms with Gasteiger partial charge in [-0.2, -0.15) is 0 Å². The molecule has 0 spiro atoms. The Kier molecular flexibility index (Phi) is 4.27. The summed E-state index contributed by atoms with van der Waals surface area (Å²) in [6.07, 6.45) is 0. The number of nitrogens with zero attached hydrogens (tertiary/aromatic N) is 2. The van der Waals surface area contributed by atoms with E-state index in [9.17, 15) is 9.59 Å². The predicted molar refractivity (Wildman–Crippen MR) is 75.2 cm³/mol. The fraction of sp³-hybridized carbons (Fsp3) is 0.467. The molecular formula is C15H20N2O3. The van der Waals surface area contributed by atoms with Crippen molar-refractivity contribution < 1.29 is 14.7 Å². The zero-order valence-corrected chi connectivity index (χ0v) is 11.8. The molecular weight excluding hydrogens is 256 g/mol. The molecule has 1 heterocycles. The lowest BCUT2D eigenvalue weighted by Gasteiger charge is -2.41. The van der Waals surface area contributed by atoms with E-state index in [1.54, 1.807) is 9.80 Å². The van der Waals surface area contributed by atoms with E-state index in [0.717, 1.165) is 5.56 Å². The first-order chi connectivity index (χ1) is 9.49. The van der Waals surface area contributed by atoms with E-state index < -0.39 is 11.9 Å². The number of carboxylic acids is 1. The van der Waals surface area contributed by atoms with E-state index in [2.05, 4.69) is 0 Å². The van der Waals surface area contributed by atoms with Crippen molar-refractivity contribution in [3.05, 3.63) is 35.9 Å². The van der Waals surface area contributed by atoms with E-state index in [-0.39, 0.29) is 12.1 Å². The number of carboxylic acid groups (broad SMARTS) is 1. The molecule has 0 radical (unpaired) electrons. The quantitative estimate of drug-likeness (QED) is 0.915. The van der Waals surface area contributed by atoms with Gasteiger partial charge in [-0.15, -0.1) is 0 Å². The molecule has 0 atom stereocenters. The third kappa shape index (κ3) is 3.10. The smallest absolute Gasteiger partial charge is 0.320 e. The zero-order valence-electron chi connectivity index (χ0n) is 11.8. The standard InChI is InChI=1S/C15H20N2O3/c1-11(2)17(8-12-6-4-3-5-7-12)15(20)16-9-13(10-16)14(18)19/h3-7,11,13H,8-10H2,1-2H3,(H,18,19). The molecule has 5 heteroatoms. The Hall–Kier alpha value is -2.04. The summed E-state index contributed by atoms with van der Waals surface area (Å²) in [5, 5.41) is 8.86. The van der Waals surface area contributed by atoms with Crippen LogP contribution in [0.3, 0.4) is 0 Å². The number of carbonyl (C=O) groups is 2. The number of benzene rings is 1. The molecule has 20 heavy (non-hydrogen) atoms. The van der Waals surface area contributed by atoms with Gasteiger partial charge in [-0.05, 0) is 19.4 Å². The summed E-state index contributed by atoms with van der Waals surface area (Å²) in [7, 11) is 0. The van der Waals surface area contributed by atoms with Crippen LogP contribution in [0.15, 0.2) is 30.3 Å². The van der Waals surface area contributed by atoms with Gasteiger partial charge in [-0.3, -0.25) is 4.79 Å². The van der Waals surface area contributed by atoms with Crippen LogP contribution in [0.25, 0.3) is 0 Å². The largest absolute Gasteiger partial charge is 0.481 e. The average molecular weight is 276 g/mol. The van der Waals surface area contributed by atoms with E-state index >= 15 is 0 Å². The van der Waals surface area contributed by atoms with E-state index in [0.29, 0.717) is 19.6 Å². The maximum absolute atomic E-state index is 12.4. The van der Waals surface area contributed by atoms with Crippen molar-refractivity contribution >= 4 is 12.0 Å². The number of rotatable bonds is 4. The molecule has 1 aromatic carbocycles. The van der Waals surface area contributed by atoms with Gasteiger partial charge < -0.3 is 14.9 Å². The third-order valence-corrected chi connectivity index (χ3v) is 3.57. The SMILES string of the molecule is CC(C)N(Cc1ccccc1)C(=O)N1CC(C(=O)O)C1. The molecule has 1 saturated heterocycles. The van der Waals surface area contributed by atoms with Crippen molar-refractivity contribution in [3.8, 4) is 0 Å². The average Bonchev–Trinajstić information content (AvgIpc) is 2.34. The summed E-state index contributed by atoms with van der Waals surface area (Å²) in [5.41, 5.74) is 1.07. The van der Waals surface area contributed by atoms with Crippen LogP contribution in [0.2, 0.25) is 0 Å². The number of amides is 2. The van der Waals surface area contributed by atoms with Crippen molar-refractivity contribution in [2.24, 2.45) is 5.92 Å². The summed E-state index contributed by atoms with van der Waals surface area (Å²) < 4.78 is 0. The molecule has 1 aromatic rings. The number of carbonyl (C=O) groups excluding carboxylic acids is 1. The molecule has 2 rings (SSSR count). The van der Waals surface area contributed by atoms with Crippen LogP contribution in [0.1, 0.15) is 19.4 Å². The number of aliphatic carboxylic acids is 1. The minimum Gasteiger partial charge on any atom is -0.481 e. The maximum Gasteiger partial charge on any atom is 0.320 e. The Morgan fingerprint density at radius 3 is 2.40 bits per heavy atom. The highest BCUT2D eigenvalue weighted by Crippen LogP contribution is 2.20. The van der Waals surface area contributed by atoms with Gasteiger partial charge >= 0.3 is 12.0 Å². The highest BCUT2D eigenvalue weighted by Gasteiger charge is 2.38. The molecule has 1 aliphatic heterocycles. The van der Waals surface area contributed by atoms with E-state index in [1.807, 2.05) is 44.2 Å². The Bertz CT molecular complexity index is 481. The van der Waals surface area contributed by atoms with Crippen LogP contribution >= 0.6 is 0 Å². The van der Waals surface area contributed by atoms with Gasteiger partial charge in [0, 0.05) is 25.7 Å². The molecule has 5 nitrogen and oxygen atoms in total. The highest BCUT2D eigenvalue weighted by molar-refractivity contribution is 5.80. The van der Waals surface area contributed by atoms with Crippen molar-refractivity contribution in [2.75, 3.05) is 13.1 Å². The molecule has 2 amide bonds. The molecule has 0 aromatic heterocycles. The predicted octanol–water partition coefficient (Wildman–Crippen LogP) is 2.03. The lowest BCUT2D eigenvalue weighted by molar-refractivity contribution is -0.146. The van der Waals surface area contributed by atoms with Crippen LogP contribution < -0.4 is 0 Å². The lowest BCUT2D eigenvalue weighted by atomic mass is 10.0. The first-order valence-electron chi connectivity index (χ1n) is 6.81. The lowest BCUT2D eigenvalue weighted by Crippen LogP contribution is -2.57. The summed E-state index contributed by atoms with van der Waals surface area (Å²) in [5.74, 6) is -1.24. The molecule has 1 fully saturated rings. The zero-order chi connectivity index (χ0) is 14.7. The topological polar surface area (TPSA) is 60.9 Å². The van der Waals surface area contributed by atoms with Gasteiger partial charge in [0.25, 0.3) is 0 Å². The minimum atomic E-state index is -0.826. The van der Waals surface area contributed by atoms with Crippen molar-refractivity contribution in [1.82, 2.24) is 9.80 Å². The summed E-state index contributed by atoms with van der Waals surface area (Å²) >= 11 is 0. The molecule has 0 saturated carbocycles. The number of hydrogen-bond donors (Lipinski definition) is 1. The van der Waals surface area contributed by atoms with E-state index in [1.165, 1.54) is 0 Å². The summed E-state index contributed by atoms with van der Waals surface area (Å²) in [6.45, 7) is 5.11. The Labute approximate surface area is 118 Å². The molecule has 0 bridgehead atoms. The van der Waals surface area contributed by atoms with Crippen LogP contribution in [0.5, 0.6) is 0 Å². The highest BCUT2D eigenvalue weighted by atomic mass is 16.4. The van der Waals surface area contributed by atoms with E-state index in [4.69, 9.17) is 5.11 Å². The van der Waals surface area contributed by atoms with Gasteiger partial charge in [0.15, 0.2) is 0 Å². The molecule has 108 valence electrons. The first-order valence-corrected chi connectivity index (χ1v) is 6.81. The molecule has 1 N–H and O–H groups in total. The third-order valence-electron chi connectivity index (χ3n) is 3.57. The Balaban J connectivity index is 1.99. The fourth-order valence-corrected chi connectivity index (χ4v) is 2.22. The number of likely N-dealkylation sites (tertiary alicyclic amines) is 1. The van der Waals surface area contributed by atoms with Crippen LogP contribution in [-0.2, 0) is 11.3 Å². The van der Waals surface area contributed by atoms with Gasteiger partial charge in [0.1, 0.15) is 0 Å². The van der Waals surface area contributed by atoms with Crippen LogP contribution in [-0.4, -0.2) is 46.0 Å². The van der Waals surface area contributed by atoms with Gasteiger partial charge in [-0.1, -0.05) is 30.3 Å². The minimum absolute atomic E-state index is 0.0755. The Morgan fingerprint density at radius 1 is 1.30 bits per heavy atom. The first kappa shape index (κ1) is 14.4. The summed E-state index contributed by atoms with van der Waals surface area (Å²) in [6, 6.07) is 9.80. The monoisotopic (exact) mass is 276 g/mol. The van der Waals surface area contributed by atoms with Crippen molar-refractivity contribution in [3.63, 3.8) is 0 Å².